The molecular weight excluding hydrogens is 246 g/mol. The molecule has 18 heavy (non-hydrogen) atoms. The van der Waals surface area contributed by atoms with Crippen LogP contribution in [0, 0.1) is 0 Å². The predicted octanol–water partition coefficient (Wildman–Crippen LogP) is -2.76. The molecule has 0 amide bonds. The van der Waals surface area contributed by atoms with Crippen molar-refractivity contribution in [1.29, 1.82) is 0 Å². The molecule has 0 aromatic rings. The Morgan fingerprint density at radius 3 is 2.56 bits per heavy atom. The number of carboxylic acid groups (broad SMARTS) is 1. The number of aliphatic carboxylic acids is 1. The van der Waals surface area contributed by atoms with Gasteiger partial charge in [-0.2, -0.15) is 0 Å². The van der Waals surface area contributed by atoms with Crippen LogP contribution < -0.4 is 5.32 Å². The van der Waals surface area contributed by atoms with Gasteiger partial charge in [0.1, 0.15) is 18.3 Å². The van der Waals surface area contributed by atoms with Crippen LogP contribution in [0.1, 0.15) is 12.8 Å². The third kappa shape index (κ3) is 3.61. The summed E-state index contributed by atoms with van der Waals surface area (Å²) in [5.74, 6) is -3.04. The Labute approximate surface area is 104 Å². The quantitative estimate of drug-likeness (QED) is 0.272. The van der Waals surface area contributed by atoms with E-state index in [0.717, 1.165) is 0 Å². The van der Waals surface area contributed by atoms with Gasteiger partial charge in [-0.05, 0) is 13.0 Å². The molecule has 0 unspecified atom stereocenters. The van der Waals surface area contributed by atoms with Gasteiger partial charge in [0.15, 0.2) is 0 Å². The summed E-state index contributed by atoms with van der Waals surface area (Å²) < 4.78 is 4.98. The van der Waals surface area contributed by atoms with Gasteiger partial charge in [-0.1, -0.05) is 0 Å². The normalized spacial score (nSPS) is 35.9. The SMILES string of the molecule is O=C(O)CCCNC[C@H]1O[C@@](O)(CO)[C@H](O)[C@H]1O. The van der Waals surface area contributed by atoms with Gasteiger partial charge in [0.2, 0.25) is 5.79 Å². The van der Waals surface area contributed by atoms with Crippen molar-refractivity contribution in [3.8, 4) is 0 Å². The molecule has 0 bridgehead atoms. The minimum atomic E-state index is -2.15. The second-order valence-electron chi connectivity index (χ2n) is 4.30. The lowest BCUT2D eigenvalue weighted by Gasteiger charge is -2.22. The van der Waals surface area contributed by atoms with E-state index in [1.165, 1.54) is 0 Å². The first kappa shape index (κ1) is 15.3. The highest BCUT2D eigenvalue weighted by Gasteiger charge is 2.52. The number of hydrogen-bond acceptors (Lipinski definition) is 7. The fraction of sp³-hybridized carbons (Fsp3) is 0.900. The van der Waals surface area contributed by atoms with E-state index in [9.17, 15) is 20.1 Å². The molecule has 1 fully saturated rings. The fourth-order valence-electron chi connectivity index (χ4n) is 1.77. The van der Waals surface area contributed by atoms with Crippen molar-refractivity contribution in [3.63, 3.8) is 0 Å². The summed E-state index contributed by atoms with van der Waals surface area (Å²) >= 11 is 0. The van der Waals surface area contributed by atoms with Crippen LogP contribution >= 0.6 is 0 Å². The maximum atomic E-state index is 10.3. The highest BCUT2D eigenvalue weighted by Crippen LogP contribution is 2.28. The number of nitrogens with one attached hydrogen (secondary N) is 1. The van der Waals surface area contributed by atoms with Gasteiger partial charge in [-0.25, -0.2) is 0 Å². The fourth-order valence-corrected chi connectivity index (χ4v) is 1.77. The first-order valence-corrected chi connectivity index (χ1v) is 5.70. The van der Waals surface area contributed by atoms with E-state index in [4.69, 9.17) is 14.9 Å². The van der Waals surface area contributed by atoms with E-state index < -0.39 is 36.7 Å². The van der Waals surface area contributed by atoms with E-state index in [0.29, 0.717) is 13.0 Å². The summed E-state index contributed by atoms with van der Waals surface area (Å²) in [4.78, 5) is 10.3. The number of hydrogen-bond donors (Lipinski definition) is 6. The average Bonchev–Trinajstić information content (AvgIpc) is 2.54. The lowest BCUT2D eigenvalue weighted by Crippen LogP contribution is -2.46. The van der Waals surface area contributed by atoms with Crippen LogP contribution in [0.2, 0.25) is 0 Å². The van der Waals surface area contributed by atoms with E-state index in [1.807, 2.05) is 0 Å². The number of carboxylic acids is 1. The summed E-state index contributed by atoms with van der Waals surface area (Å²) in [6, 6.07) is 0. The summed E-state index contributed by atoms with van der Waals surface area (Å²) in [6.45, 7) is -0.270. The van der Waals surface area contributed by atoms with Crippen molar-refractivity contribution in [2.75, 3.05) is 19.7 Å². The van der Waals surface area contributed by atoms with Crippen molar-refractivity contribution < 1.29 is 35.1 Å². The van der Waals surface area contributed by atoms with Crippen LogP contribution in [0.5, 0.6) is 0 Å². The van der Waals surface area contributed by atoms with Crippen LogP contribution in [0.4, 0.5) is 0 Å². The molecule has 8 nitrogen and oxygen atoms in total. The summed E-state index contributed by atoms with van der Waals surface area (Å²) in [6.07, 6.45) is -3.29. The van der Waals surface area contributed by atoms with E-state index >= 15 is 0 Å². The Morgan fingerprint density at radius 2 is 2.06 bits per heavy atom. The number of aliphatic hydroxyl groups is 4. The van der Waals surface area contributed by atoms with Gasteiger partial charge >= 0.3 is 5.97 Å². The Kier molecular flexibility index (Phi) is 5.45. The largest absolute Gasteiger partial charge is 0.481 e. The molecule has 0 aromatic carbocycles. The summed E-state index contributed by atoms with van der Waals surface area (Å²) in [7, 11) is 0. The minimum Gasteiger partial charge on any atom is -0.481 e. The van der Waals surface area contributed by atoms with Crippen LogP contribution in [0.3, 0.4) is 0 Å². The Hall–Kier alpha value is -0.770. The van der Waals surface area contributed by atoms with Crippen molar-refractivity contribution in [2.45, 2.75) is 36.9 Å². The zero-order chi connectivity index (χ0) is 13.8. The summed E-state index contributed by atoms with van der Waals surface area (Å²) in [5, 5.41) is 48.8. The molecule has 6 N–H and O–H groups in total. The highest BCUT2D eigenvalue weighted by molar-refractivity contribution is 5.66. The van der Waals surface area contributed by atoms with Gasteiger partial charge in [-0.3, -0.25) is 4.79 Å². The smallest absolute Gasteiger partial charge is 0.303 e. The van der Waals surface area contributed by atoms with Crippen LogP contribution in [-0.4, -0.2) is 75.3 Å². The van der Waals surface area contributed by atoms with Gasteiger partial charge < -0.3 is 35.6 Å². The van der Waals surface area contributed by atoms with Crippen molar-refractivity contribution in [1.82, 2.24) is 5.32 Å². The third-order valence-electron chi connectivity index (χ3n) is 2.84. The highest BCUT2D eigenvalue weighted by atomic mass is 16.7. The van der Waals surface area contributed by atoms with E-state index in [-0.39, 0.29) is 13.0 Å². The Morgan fingerprint density at radius 1 is 1.39 bits per heavy atom. The van der Waals surface area contributed by atoms with E-state index in [2.05, 4.69) is 5.32 Å². The monoisotopic (exact) mass is 265 g/mol. The second-order valence-corrected chi connectivity index (χ2v) is 4.30. The molecule has 1 rings (SSSR count). The molecule has 0 aromatic heterocycles. The molecule has 0 saturated carbocycles. The maximum Gasteiger partial charge on any atom is 0.303 e. The topological polar surface area (TPSA) is 139 Å². The first-order valence-electron chi connectivity index (χ1n) is 5.70. The molecule has 0 aliphatic carbocycles. The number of rotatable bonds is 7. The molecule has 1 aliphatic heterocycles. The lowest BCUT2D eigenvalue weighted by molar-refractivity contribution is -0.245. The molecular formula is C10H19NO7. The van der Waals surface area contributed by atoms with Gasteiger partial charge in [0.25, 0.3) is 0 Å². The molecule has 1 saturated heterocycles. The van der Waals surface area contributed by atoms with E-state index in [1.54, 1.807) is 0 Å². The standard InChI is InChI=1S/C10H19NO7/c12-5-10(17)9(16)8(15)6(18-10)4-11-3-1-2-7(13)14/h6,8-9,11-12,15-17H,1-5H2,(H,13,14)/t6-,8+,9-,10+/m1/s1. The minimum absolute atomic E-state index is 0.0320. The number of aliphatic hydroxyl groups excluding tert-OH is 3. The van der Waals surface area contributed by atoms with Crippen molar-refractivity contribution in [3.05, 3.63) is 0 Å². The first-order chi connectivity index (χ1) is 8.40. The third-order valence-corrected chi connectivity index (χ3v) is 2.84. The van der Waals surface area contributed by atoms with Gasteiger partial charge in [0.05, 0.1) is 6.61 Å². The zero-order valence-electron chi connectivity index (χ0n) is 9.82. The van der Waals surface area contributed by atoms with Gasteiger partial charge in [0, 0.05) is 13.0 Å². The number of ether oxygens (including phenoxy) is 1. The number of carbonyl (C=O) groups is 1. The van der Waals surface area contributed by atoms with Crippen LogP contribution in [-0.2, 0) is 9.53 Å². The lowest BCUT2D eigenvalue weighted by atomic mass is 10.1. The average molecular weight is 265 g/mol. The molecule has 4 atom stereocenters. The molecule has 1 heterocycles. The molecule has 0 radical (unpaired) electrons. The zero-order valence-corrected chi connectivity index (χ0v) is 9.82. The van der Waals surface area contributed by atoms with Crippen molar-refractivity contribution >= 4 is 5.97 Å². The summed E-state index contributed by atoms with van der Waals surface area (Å²) in [5.41, 5.74) is 0. The molecule has 8 heteroatoms. The molecule has 1 aliphatic rings. The predicted molar refractivity (Wildman–Crippen MR) is 58.7 cm³/mol. The van der Waals surface area contributed by atoms with Crippen molar-refractivity contribution in [2.24, 2.45) is 0 Å². The Bertz CT molecular complexity index is 287. The second kappa shape index (κ2) is 6.41. The molecule has 106 valence electrons. The van der Waals surface area contributed by atoms with Crippen LogP contribution in [0.25, 0.3) is 0 Å². The molecule has 0 spiro atoms. The maximum absolute atomic E-state index is 10.3. The van der Waals surface area contributed by atoms with Gasteiger partial charge in [-0.15, -0.1) is 0 Å². The Balaban J connectivity index is 2.29. The van der Waals surface area contributed by atoms with Crippen LogP contribution in [0.15, 0.2) is 0 Å².